The van der Waals surface area contributed by atoms with Crippen LogP contribution in [0.25, 0.3) is 0 Å². The van der Waals surface area contributed by atoms with Crippen molar-refractivity contribution in [1.82, 2.24) is 10.2 Å². The van der Waals surface area contributed by atoms with E-state index in [2.05, 4.69) is 10.2 Å². The van der Waals surface area contributed by atoms with E-state index >= 15 is 0 Å². The normalized spacial score (nSPS) is 22.8. The van der Waals surface area contributed by atoms with Gasteiger partial charge in [-0.15, -0.1) is 0 Å². The van der Waals surface area contributed by atoms with Gasteiger partial charge in [0.25, 0.3) is 0 Å². The smallest absolute Gasteiger partial charge is 0.246 e. The number of nitrogens with zero attached hydrogens (tertiary/aromatic N) is 1. The number of β-amino-alcohol motifs (C(OH)–C–C–N with tert-alkyl or cyclic N) is 1. The third-order valence-electron chi connectivity index (χ3n) is 4.81. The number of aliphatic hydroxyl groups excluding tert-OH is 1. The summed E-state index contributed by atoms with van der Waals surface area (Å²) in [5.41, 5.74) is -0.221. The van der Waals surface area contributed by atoms with Crippen LogP contribution in [0.5, 0.6) is 5.75 Å². The molecule has 1 amide bonds. The molecule has 1 saturated heterocycles. The Morgan fingerprint density at radius 1 is 1.32 bits per heavy atom. The molecule has 0 saturated carbocycles. The number of amides is 1. The molecule has 1 heterocycles. The molecule has 0 aliphatic carbocycles. The van der Waals surface area contributed by atoms with Crippen LogP contribution in [0.15, 0.2) is 24.3 Å². The fourth-order valence-electron chi connectivity index (χ4n) is 3.12. The molecule has 2 atom stereocenters. The lowest BCUT2D eigenvalue weighted by molar-refractivity contribution is -0.134. The molecule has 1 aromatic carbocycles. The first-order chi connectivity index (χ1) is 13.5. The number of methoxy groups -OCH3 is 1. The Labute approximate surface area is 166 Å². The van der Waals surface area contributed by atoms with Crippen molar-refractivity contribution in [3.63, 3.8) is 0 Å². The minimum absolute atomic E-state index is 0.0119. The molecule has 3 N–H and O–H groups in total. The first-order valence-corrected chi connectivity index (χ1v) is 9.64. The van der Waals surface area contributed by atoms with Crippen molar-refractivity contribution in [1.29, 1.82) is 0 Å². The van der Waals surface area contributed by atoms with Crippen molar-refractivity contribution in [2.45, 2.75) is 31.6 Å². The second kappa shape index (κ2) is 11.3. The number of carbonyl (C=O) groups excluding carboxylic acids is 1. The number of rotatable bonds is 11. The third kappa shape index (κ3) is 7.03. The van der Waals surface area contributed by atoms with Gasteiger partial charge in [0, 0.05) is 39.9 Å². The highest BCUT2D eigenvalue weighted by molar-refractivity contribution is 5.77. The van der Waals surface area contributed by atoms with E-state index in [0.717, 1.165) is 11.3 Å². The molecule has 28 heavy (non-hydrogen) atoms. The van der Waals surface area contributed by atoms with Gasteiger partial charge in [-0.3, -0.25) is 9.69 Å². The third-order valence-corrected chi connectivity index (χ3v) is 4.81. The van der Waals surface area contributed by atoms with Crippen LogP contribution in [-0.4, -0.2) is 85.9 Å². The minimum Gasteiger partial charge on any atom is -0.491 e. The molecule has 1 aliphatic heterocycles. The van der Waals surface area contributed by atoms with Crippen molar-refractivity contribution >= 4 is 5.91 Å². The minimum atomic E-state index is -1.32. The molecule has 1 fully saturated rings. The van der Waals surface area contributed by atoms with E-state index in [0.29, 0.717) is 45.9 Å². The van der Waals surface area contributed by atoms with E-state index in [-0.39, 0.29) is 19.1 Å². The standard InChI is InChI=1S/C20H32N2O6/c1-3-27-10-11-28-17-6-4-16(5-7-17)12-22-9-8-20(25,18(23)13-22)15-21-19(24)14-26-2/h4-7,18,23,25H,3,8-15H2,1-2H3,(H,21,24)/t18-,20-/m1/s1. The molecule has 8 heteroatoms. The van der Waals surface area contributed by atoms with E-state index in [1.54, 1.807) is 0 Å². The highest BCUT2D eigenvalue weighted by atomic mass is 16.5. The van der Waals surface area contributed by atoms with Gasteiger partial charge in [-0.25, -0.2) is 0 Å². The summed E-state index contributed by atoms with van der Waals surface area (Å²) in [5, 5.41) is 23.6. The molecule has 0 radical (unpaired) electrons. The fourth-order valence-corrected chi connectivity index (χ4v) is 3.12. The molecule has 0 spiro atoms. The van der Waals surface area contributed by atoms with Crippen LogP contribution in [0, 0.1) is 0 Å². The number of likely N-dealkylation sites (tertiary alicyclic amines) is 1. The Morgan fingerprint density at radius 2 is 2.07 bits per heavy atom. The summed E-state index contributed by atoms with van der Waals surface area (Å²) in [6.45, 7) is 5.29. The van der Waals surface area contributed by atoms with E-state index < -0.39 is 11.7 Å². The number of benzene rings is 1. The zero-order valence-corrected chi connectivity index (χ0v) is 16.7. The first-order valence-electron chi connectivity index (χ1n) is 9.64. The van der Waals surface area contributed by atoms with Crippen molar-refractivity contribution in [3.05, 3.63) is 29.8 Å². The molecule has 2 rings (SSSR count). The van der Waals surface area contributed by atoms with Gasteiger partial charge >= 0.3 is 0 Å². The molecule has 1 aromatic rings. The van der Waals surface area contributed by atoms with Gasteiger partial charge in [0.15, 0.2) is 0 Å². The summed E-state index contributed by atoms with van der Waals surface area (Å²) in [4.78, 5) is 13.6. The molecule has 8 nitrogen and oxygen atoms in total. The van der Waals surface area contributed by atoms with Crippen molar-refractivity contribution in [3.8, 4) is 5.75 Å². The monoisotopic (exact) mass is 396 g/mol. The highest BCUT2D eigenvalue weighted by Crippen LogP contribution is 2.24. The van der Waals surface area contributed by atoms with E-state index in [1.165, 1.54) is 7.11 Å². The van der Waals surface area contributed by atoms with Crippen molar-refractivity contribution in [2.75, 3.05) is 53.2 Å². The molecule has 158 valence electrons. The van der Waals surface area contributed by atoms with Gasteiger partial charge in [0.05, 0.1) is 12.7 Å². The van der Waals surface area contributed by atoms with Gasteiger partial charge in [-0.2, -0.15) is 0 Å². The summed E-state index contributed by atoms with van der Waals surface area (Å²) >= 11 is 0. The van der Waals surface area contributed by atoms with E-state index in [9.17, 15) is 15.0 Å². The summed E-state index contributed by atoms with van der Waals surface area (Å²) in [5.74, 6) is 0.484. The maximum atomic E-state index is 11.5. The Balaban J connectivity index is 1.78. The van der Waals surface area contributed by atoms with Gasteiger partial charge in [0.1, 0.15) is 24.6 Å². The Morgan fingerprint density at radius 3 is 2.71 bits per heavy atom. The van der Waals surface area contributed by atoms with Crippen LogP contribution < -0.4 is 10.1 Å². The Hall–Kier alpha value is -1.71. The summed E-state index contributed by atoms with van der Waals surface area (Å²) in [7, 11) is 1.43. The fraction of sp³-hybridized carbons (Fsp3) is 0.650. The van der Waals surface area contributed by atoms with Crippen molar-refractivity contribution in [2.24, 2.45) is 0 Å². The number of aliphatic hydroxyl groups is 2. The molecular weight excluding hydrogens is 364 g/mol. The van der Waals surface area contributed by atoms with Crippen LogP contribution >= 0.6 is 0 Å². The van der Waals surface area contributed by atoms with E-state index in [1.807, 2.05) is 31.2 Å². The average molecular weight is 396 g/mol. The predicted octanol–water partition coefficient (Wildman–Crippen LogP) is 0.162. The average Bonchev–Trinajstić information content (AvgIpc) is 2.68. The number of carbonyl (C=O) groups is 1. The summed E-state index contributed by atoms with van der Waals surface area (Å²) < 4.78 is 15.6. The molecule has 1 aliphatic rings. The predicted molar refractivity (Wildman–Crippen MR) is 104 cm³/mol. The van der Waals surface area contributed by atoms with Crippen LogP contribution in [0.2, 0.25) is 0 Å². The van der Waals surface area contributed by atoms with Crippen LogP contribution in [0.3, 0.4) is 0 Å². The summed E-state index contributed by atoms with van der Waals surface area (Å²) in [6, 6.07) is 7.83. The number of ether oxygens (including phenoxy) is 3. The van der Waals surface area contributed by atoms with Crippen LogP contribution in [0.1, 0.15) is 18.9 Å². The summed E-state index contributed by atoms with van der Waals surface area (Å²) in [6.07, 6.45) is -0.565. The Bertz CT molecular complexity index is 597. The molecule has 0 unspecified atom stereocenters. The maximum Gasteiger partial charge on any atom is 0.246 e. The quantitative estimate of drug-likeness (QED) is 0.458. The van der Waals surface area contributed by atoms with Crippen LogP contribution in [0.4, 0.5) is 0 Å². The van der Waals surface area contributed by atoms with Gasteiger partial charge in [-0.05, 0) is 31.0 Å². The lowest BCUT2D eigenvalue weighted by atomic mass is 9.88. The Kier molecular flexibility index (Phi) is 9.14. The topological polar surface area (TPSA) is 100 Å². The number of nitrogens with one attached hydrogen (secondary N) is 1. The van der Waals surface area contributed by atoms with E-state index in [4.69, 9.17) is 14.2 Å². The van der Waals surface area contributed by atoms with Gasteiger partial charge < -0.3 is 29.7 Å². The largest absolute Gasteiger partial charge is 0.491 e. The SMILES string of the molecule is CCOCCOc1ccc(CN2CC[C@@](O)(CNC(=O)COC)[C@H](O)C2)cc1. The molecule has 0 bridgehead atoms. The second-order valence-electron chi connectivity index (χ2n) is 7.00. The first kappa shape index (κ1) is 22.6. The zero-order chi connectivity index (χ0) is 20.4. The van der Waals surface area contributed by atoms with Crippen molar-refractivity contribution < 1.29 is 29.2 Å². The highest BCUT2D eigenvalue weighted by Gasteiger charge is 2.40. The lowest BCUT2D eigenvalue weighted by Gasteiger charge is -2.42. The van der Waals surface area contributed by atoms with Gasteiger partial charge in [0.2, 0.25) is 5.91 Å². The molecular formula is C20H32N2O6. The maximum absolute atomic E-state index is 11.5. The zero-order valence-electron chi connectivity index (χ0n) is 16.7. The molecule has 0 aromatic heterocycles. The number of hydrogen-bond acceptors (Lipinski definition) is 7. The lowest BCUT2D eigenvalue weighted by Crippen LogP contribution is -2.60. The number of piperidine rings is 1. The van der Waals surface area contributed by atoms with Gasteiger partial charge in [-0.1, -0.05) is 12.1 Å². The number of hydrogen-bond donors (Lipinski definition) is 3. The van der Waals surface area contributed by atoms with Crippen LogP contribution in [-0.2, 0) is 20.8 Å². The second-order valence-corrected chi connectivity index (χ2v) is 7.00.